The Bertz CT molecular complexity index is 806. The van der Waals surface area contributed by atoms with Crippen LogP contribution in [0, 0.1) is 0 Å². The Kier molecular flexibility index (Phi) is 3.70. The van der Waals surface area contributed by atoms with Crippen LogP contribution in [0.15, 0.2) is 53.1 Å². The predicted molar refractivity (Wildman–Crippen MR) is 86.0 cm³/mol. The van der Waals surface area contributed by atoms with Gasteiger partial charge in [0.05, 0.1) is 12.0 Å². The maximum absolute atomic E-state index is 12.3. The number of rotatable bonds is 3. The molecule has 1 saturated heterocycles. The van der Waals surface area contributed by atoms with Gasteiger partial charge in [0.15, 0.2) is 5.76 Å². The van der Waals surface area contributed by atoms with Gasteiger partial charge >= 0.3 is 0 Å². The van der Waals surface area contributed by atoms with E-state index in [1.165, 1.54) is 6.26 Å². The van der Waals surface area contributed by atoms with Crippen LogP contribution < -0.4 is 4.90 Å². The van der Waals surface area contributed by atoms with Crippen LogP contribution in [0.3, 0.4) is 0 Å². The van der Waals surface area contributed by atoms with E-state index >= 15 is 0 Å². The molecule has 2 aromatic heterocycles. The summed E-state index contributed by atoms with van der Waals surface area (Å²) in [5.41, 5.74) is 0.909. The lowest BCUT2D eigenvalue weighted by Crippen LogP contribution is -2.49. The smallest absolute Gasteiger partial charge is 0.289 e. The lowest BCUT2D eigenvalue weighted by atomic mass is 10.3. The summed E-state index contributed by atoms with van der Waals surface area (Å²) in [7, 11) is 0. The molecule has 8 nitrogen and oxygen atoms in total. The Hall–Kier alpha value is -3.16. The molecular formula is C16H16N6O2. The molecule has 3 aromatic rings. The number of benzene rings is 1. The minimum Gasteiger partial charge on any atom is -0.459 e. The molecule has 1 amide bonds. The molecule has 1 aliphatic rings. The standard InChI is InChI=1S/C16H16N6O2/c23-15(14-7-4-12-24-14)20-8-10-21(11-9-20)16-17-18-19-22(16)13-5-2-1-3-6-13/h1-7,12H,8-11H2. The Balaban J connectivity index is 1.47. The van der Waals surface area contributed by atoms with Crippen molar-refractivity contribution in [3.63, 3.8) is 0 Å². The minimum atomic E-state index is -0.0812. The first-order chi connectivity index (χ1) is 11.8. The average Bonchev–Trinajstić information content (AvgIpc) is 3.34. The van der Waals surface area contributed by atoms with Crippen molar-refractivity contribution in [2.75, 3.05) is 31.1 Å². The van der Waals surface area contributed by atoms with Gasteiger partial charge in [-0.05, 0) is 34.7 Å². The van der Waals surface area contributed by atoms with Gasteiger partial charge < -0.3 is 14.2 Å². The van der Waals surface area contributed by atoms with Crippen molar-refractivity contribution < 1.29 is 9.21 Å². The van der Waals surface area contributed by atoms with E-state index in [0.717, 1.165) is 5.69 Å². The molecule has 0 N–H and O–H groups in total. The van der Waals surface area contributed by atoms with Crippen LogP contribution in [0.2, 0.25) is 0 Å². The van der Waals surface area contributed by atoms with E-state index in [4.69, 9.17) is 4.42 Å². The molecule has 1 aromatic carbocycles. The van der Waals surface area contributed by atoms with E-state index in [1.54, 1.807) is 21.7 Å². The van der Waals surface area contributed by atoms with E-state index in [2.05, 4.69) is 20.4 Å². The van der Waals surface area contributed by atoms with Gasteiger partial charge in [-0.1, -0.05) is 23.3 Å². The fourth-order valence-electron chi connectivity index (χ4n) is 2.78. The number of tetrazole rings is 1. The fraction of sp³-hybridized carbons (Fsp3) is 0.250. The van der Waals surface area contributed by atoms with E-state index in [9.17, 15) is 4.79 Å². The third kappa shape index (κ3) is 2.62. The first kappa shape index (κ1) is 14.4. The number of aromatic nitrogens is 4. The number of amides is 1. The van der Waals surface area contributed by atoms with Crippen molar-refractivity contribution >= 4 is 11.9 Å². The molecule has 0 radical (unpaired) electrons. The van der Waals surface area contributed by atoms with E-state index in [1.807, 2.05) is 30.3 Å². The van der Waals surface area contributed by atoms with Crippen molar-refractivity contribution in [3.8, 4) is 5.69 Å². The van der Waals surface area contributed by atoms with Gasteiger partial charge in [0, 0.05) is 26.2 Å². The fourth-order valence-corrected chi connectivity index (χ4v) is 2.78. The van der Waals surface area contributed by atoms with Crippen molar-refractivity contribution in [3.05, 3.63) is 54.5 Å². The molecule has 3 heterocycles. The summed E-state index contributed by atoms with van der Waals surface area (Å²) in [6, 6.07) is 13.2. The zero-order valence-electron chi connectivity index (χ0n) is 12.9. The average molecular weight is 324 g/mol. The Morgan fingerprint density at radius 3 is 2.50 bits per heavy atom. The molecule has 1 fully saturated rings. The van der Waals surface area contributed by atoms with Crippen LogP contribution >= 0.6 is 0 Å². The normalized spacial score (nSPS) is 14.8. The van der Waals surface area contributed by atoms with Crippen molar-refractivity contribution in [1.29, 1.82) is 0 Å². The summed E-state index contributed by atoms with van der Waals surface area (Å²) in [5, 5.41) is 12.0. The van der Waals surface area contributed by atoms with Crippen LogP contribution in [0.1, 0.15) is 10.6 Å². The molecule has 0 saturated carbocycles. The number of carbonyl (C=O) groups excluding carboxylic acids is 1. The highest BCUT2D eigenvalue weighted by Crippen LogP contribution is 2.18. The van der Waals surface area contributed by atoms with Gasteiger partial charge in [-0.2, -0.15) is 4.68 Å². The lowest BCUT2D eigenvalue weighted by molar-refractivity contribution is 0.0714. The van der Waals surface area contributed by atoms with E-state index in [0.29, 0.717) is 37.9 Å². The number of piperazine rings is 1. The molecule has 24 heavy (non-hydrogen) atoms. The van der Waals surface area contributed by atoms with E-state index in [-0.39, 0.29) is 5.91 Å². The summed E-state index contributed by atoms with van der Waals surface area (Å²) in [6.07, 6.45) is 1.51. The molecule has 8 heteroatoms. The monoisotopic (exact) mass is 324 g/mol. The molecule has 122 valence electrons. The molecule has 0 atom stereocenters. The second kappa shape index (κ2) is 6.15. The van der Waals surface area contributed by atoms with E-state index < -0.39 is 0 Å². The summed E-state index contributed by atoms with van der Waals surface area (Å²) in [6.45, 7) is 2.53. The molecule has 4 rings (SSSR count). The third-order valence-electron chi connectivity index (χ3n) is 4.04. The van der Waals surface area contributed by atoms with Gasteiger partial charge in [-0.3, -0.25) is 4.79 Å². The summed E-state index contributed by atoms with van der Waals surface area (Å²) < 4.78 is 6.90. The Labute approximate surface area is 138 Å². The van der Waals surface area contributed by atoms with Gasteiger partial charge in [0.2, 0.25) is 5.95 Å². The second-order valence-electron chi connectivity index (χ2n) is 5.48. The number of anilines is 1. The van der Waals surface area contributed by atoms with Crippen LogP contribution in [-0.2, 0) is 0 Å². The van der Waals surface area contributed by atoms with Crippen LogP contribution in [0.25, 0.3) is 5.69 Å². The predicted octanol–water partition coefficient (Wildman–Crippen LogP) is 1.22. The maximum Gasteiger partial charge on any atom is 0.289 e. The lowest BCUT2D eigenvalue weighted by Gasteiger charge is -2.34. The van der Waals surface area contributed by atoms with Crippen molar-refractivity contribution in [2.24, 2.45) is 0 Å². The number of carbonyl (C=O) groups is 1. The number of nitrogens with zero attached hydrogens (tertiary/aromatic N) is 6. The first-order valence-electron chi connectivity index (χ1n) is 7.74. The second-order valence-corrected chi connectivity index (χ2v) is 5.48. The number of hydrogen-bond acceptors (Lipinski definition) is 6. The Morgan fingerprint density at radius 1 is 1.00 bits per heavy atom. The number of para-hydroxylation sites is 1. The Morgan fingerprint density at radius 2 is 1.79 bits per heavy atom. The number of hydrogen-bond donors (Lipinski definition) is 0. The van der Waals surface area contributed by atoms with Crippen molar-refractivity contribution in [2.45, 2.75) is 0 Å². The topological polar surface area (TPSA) is 80.3 Å². The van der Waals surface area contributed by atoms with Crippen LogP contribution in [-0.4, -0.2) is 57.2 Å². The highest BCUT2D eigenvalue weighted by Gasteiger charge is 2.26. The zero-order chi connectivity index (χ0) is 16.4. The van der Waals surface area contributed by atoms with Gasteiger partial charge in [-0.25, -0.2) is 0 Å². The SMILES string of the molecule is O=C(c1ccco1)N1CCN(c2nnnn2-c2ccccc2)CC1. The van der Waals surface area contributed by atoms with Crippen LogP contribution in [0.5, 0.6) is 0 Å². The highest BCUT2D eigenvalue weighted by atomic mass is 16.3. The molecule has 0 aliphatic carbocycles. The third-order valence-corrected chi connectivity index (χ3v) is 4.04. The van der Waals surface area contributed by atoms with Crippen LogP contribution in [0.4, 0.5) is 5.95 Å². The van der Waals surface area contributed by atoms with Crippen molar-refractivity contribution in [1.82, 2.24) is 25.1 Å². The number of furan rings is 1. The van der Waals surface area contributed by atoms with Gasteiger partial charge in [0.25, 0.3) is 5.91 Å². The first-order valence-corrected chi connectivity index (χ1v) is 7.74. The molecule has 0 unspecified atom stereocenters. The molecule has 0 spiro atoms. The largest absolute Gasteiger partial charge is 0.459 e. The summed E-state index contributed by atoms with van der Waals surface area (Å²) >= 11 is 0. The van der Waals surface area contributed by atoms with Gasteiger partial charge in [0.1, 0.15) is 0 Å². The van der Waals surface area contributed by atoms with Gasteiger partial charge in [-0.15, -0.1) is 0 Å². The summed E-state index contributed by atoms with van der Waals surface area (Å²) in [4.78, 5) is 16.2. The highest BCUT2D eigenvalue weighted by molar-refractivity contribution is 5.91. The molecule has 0 bridgehead atoms. The zero-order valence-corrected chi connectivity index (χ0v) is 12.9. The quantitative estimate of drug-likeness (QED) is 0.720. The summed E-state index contributed by atoms with van der Waals surface area (Å²) in [5.74, 6) is 0.978. The molecular weight excluding hydrogens is 308 g/mol. The minimum absolute atomic E-state index is 0.0812. The molecule has 1 aliphatic heterocycles. The maximum atomic E-state index is 12.3.